The van der Waals surface area contributed by atoms with Gasteiger partial charge in [0, 0.05) is 16.3 Å². The van der Waals surface area contributed by atoms with Gasteiger partial charge in [0.2, 0.25) is 0 Å². The first-order chi connectivity index (χ1) is 11.4. The molecule has 0 N–H and O–H groups in total. The Kier molecular flexibility index (Phi) is 4.64. The minimum Gasteiger partial charge on any atom is -0.496 e. The van der Waals surface area contributed by atoms with E-state index < -0.39 is 9.84 Å². The summed E-state index contributed by atoms with van der Waals surface area (Å²) in [5.74, 6) is 1.18. The third kappa shape index (κ3) is 3.62. The highest BCUT2D eigenvalue weighted by Gasteiger charge is 2.16. The molecule has 1 aromatic heterocycles. The molecule has 0 aliphatic rings. The van der Waals surface area contributed by atoms with E-state index in [4.69, 9.17) is 4.74 Å². The number of sulfone groups is 1. The molecule has 0 spiro atoms. The van der Waals surface area contributed by atoms with E-state index in [1.807, 2.05) is 47.0 Å². The molecule has 7 heteroatoms. The Morgan fingerprint density at radius 3 is 2.67 bits per heavy atom. The van der Waals surface area contributed by atoms with Crippen LogP contribution < -0.4 is 4.74 Å². The minimum absolute atomic E-state index is 0.0992. The van der Waals surface area contributed by atoms with Gasteiger partial charge in [0.25, 0.3) is 0 Å². The number of rotatable bonds is 5. The van der Waals surface area contributed by atoms with Crippen LogP contribution in [0.4, 0.5) is 0 Å². The lowest BCUT2D eigenvalue weighted by Crippen LogP contribution is -2.11. The number of fused-ring (bicyclic) bond motifs is 1. The van der Waals surface area contributed by atoms with E-state index >= 15 is 0 Å². The average Bonchev–Trinajstić information content (AvgIpc) is 2.83. The molecule has 126 valence electrons. The fourth-order valence-electron chi connectivity index (χ4n) is 2.69. The van der Waals surface area contributed by atoms with Gasteiger partial charge in [-0.15, -0.1) is 0 Å². The number of methoxy groups -OCH3 is 1. The van der Waals surface area contributed by atoms with Gasteiger partial charge in [-0.2, -0.15) is 0 Å². The average molecular weight is 409 g/mol. The maximum Gasteiger partial charge on any atom is 0.154 e. The summed E-state index contributed by atoms with van der Waals surface area (Å²) in [6.45, 7) is 0.480. The molecule has 0 amide bonds. The molecule has 0 unspecified atom stereocenters. The maximum atomic E-state index is 11.8. The van der Waals surface area contributed by atoms with Gasteiger partial charge >= 0.3 is 0 Å². The monoisotopic (exact) mass is 408 g/mol. The zero-order valence-corrected chi connectivity index (χ0v) is 15.8. The van der Waals surface area contributed by atoms with Gasteiger partial charge in [-0.05, 0) is 30.3 Å². The summed E-state index contributed by atoms with van der Waals surface area (Å²) >= 11 is 3.47. The number of benzene rings is 2. The second kappa shape index (κ2) is 6.57. The van der Waals surface area contributed by atoms with Gasteiger partial charge in [-0.25, -0.2) is 13.4 Å². The summed E-state index contributed by atoms with van der Waals surface area (Å²) in [5, 5.41) is 0. The van der Waals surface area contributed by atoms with Crippen LogP contribution in [0.1, 0.15) is 11.4 Å². The van der Waals surface area contributed by atoms with Crippen LogP contribution in [0.25, 0.3) is 11.0 Å². The van der Waals surface area contributed by atoms with Gasteiger partial charge in [-0.3, -0.25) is 0 Å². The SMILES string of the molecule is COc1ccc(Br)cc1Cn1c(CS(C)(=O)=O)nc2ccccc21. The normalized spacial score (nSPS) is 11.8. The van der Waals surface area contributed by atoms with Crippen LogP contribution >= 0.6 is 15.9 Å². The maximum absolute atomic E-state index is 11.8. The summed E-state index contributed by atoms with van der Waals surface area (Å²) in [7, 11) is -1.57. The van der Waals surface area contributed by atoms with E-state index in [1.165, 1.54) is 6.26 Å². The first-order valence-corrected chi connectivity index (χ1v) is 10.2. The zero-order chi connectivity index (χ0) is 17.3. The zero-order valence-electron chi connectivity index (χ0n) is 13.4. The first kappa shape index (κ1) is 17.0. The van der Waals surface area contributed by atoms with Crippen molar-refractivity contribution >= 4 is 36.8 Å². The van der Waals surface area contributed by atoms with Crippen LogP contribution in [0, 0.1) is 0 Å². The van der Waals surface area contributed by atoms with E-state index in [0.717, 1.165) is 26.8 Å². The van der Waals surface area contributed by atoms with Crippen LogP contribution in [0.15, 0.2) is 46.9 Å². The number of hydrogen-bond acceptors (Lipinski definition) is 4. The lowest BCUT2D eigenvalue weighted by atomic mass is 10.2. The standard InChI is InChI=1S/C17H17BrN2O3S/c1-23-16-8-7-13(18)9-12(16)10-20-15-6-4-3-5-14(15)19-17(20)11-24(2,21)22/h3-9H,10-11H2,1-2H3. The van der Waals surface area contributed by atoms with Crippen LogP contribution in [0.3, 0.4) is 0 Å². The molecule has 3 aromatic rings. The Morgan fingerprint density at radius 1 is 1.21 bits per heavy atom. The molecule has 0 bridgehead atoms. The van der Waals surface area contributed by atoms with Gasteiger partial charge in [0.05, 0.1) is 24.7 Å². The molecule has 0 radical (unpaired) electrons. The van der Waals surface area contributed by atoms with Gasteiger partial charge in [-0.1, -0.05) is 28.1 Å². The molecule has 0 fully saturated rings. The topological polar surface area (TPSA) is 61.2 Å². The fourth-order valence-corrected chi connectivity index (χ4v) is 3.79. The highest BCUT2D eigenvalue weighted by atomic mass is 79.9. The number of hydrogen-bond donors (Lipinski definition) is 0. The Balaban J connectivity index is 2.14. The van der Waals surface area contributed by atoms with E-state index in [2.05, 4.69) is 20.9 Å². The summed E-state index contributed by atoms with van der Waals surface area (Å²) < 4.78 is 31.8. The van der Waals surface area contributed by atoms with Crippen LogP contribution in [-0.2, 0) is 22.1 Å². The third-order valence-corrected chi connectivity index (χ3v) is 4.97. The Labute approximate surface area is 149 Å². The third-order valence-electron chi connectivity index (χ3n) is 3.70. The minimum atomic E-state index is -3.19. The molecule has 5 nitrogen and oxygen atoms in total. The second-order valence-corrected chi connectivity index (χ2v) is 8.69. The molecular formula is C17H17BrN2O3S. The van der Waals surface area contributed by atoms with Crippen LogP contribution in [0.2, 0.25) is 0 Å². The van der Waals surface area contributed by atoms with E-state index in [-0.39, 0.29) is 5.75 Å². The number of nitrogens with zero attached hydrogens (tertiary/aromatic N) is 2. The molecule has 24 heavy (non-hydrogen) atoms. The number of halogens is 1. The summed E-state index contributed by atoms with van der Waals surface area (Å²) in [6, 6.07) is 13.4. The van der Waals surface area contributed by atoms with Crippen molar-refractivity contribution in [3.63, 3.8) is 0 Å². The summed E-state index contributed by atoms with van der Waals surface area (Å²) in [5.41, 5.74) is 2.63. The highest BCUT2D eigenvalue weighted by Crippen LogP contribution is 2.26. The van der Waals surface area contributed by atoms with Crippen molar-refractivity contribution in [2.75, 3.05) is 13.4 Å². The van der Waals surface area contributed by atoms with Crippen LogP contribution in [0.5, 0.6) is 5.75 Å². The highest BCUT2D eigenvalue weighted by molar-refractivity contribution is 9.10. The van der Waals surface area contributed by atoms with E-state index in [1.54, 1.807) is 7.11 Å². The van der Waals surface area contributed by atoms with Crippen molar-refractivity contribution < 1.29 is 13.2 Å². The fraction of sp³-hybridized carbons (Fsp3) is 0.235. The molecule has 0 atom stereocenters. The predicted molar refractivity (Wildman–Crippen MR) is 98.1 cm³/mol. The van der Waals surface area contributed by atoms with Crippen molar-refractivity contribution in [2.45, 2.75) is 12.3 Å². The van der Waals surface area contributed by atoms with Crippen molar-refractivity contribution in [3.8, 4) is 5.75 Å². The smallest absolute Gasteiger partial charge is 0.154 e. The molecular weight excluding hydrogens is 392 g/mol. The van der Waals surface area contributed by atoms with Crippen molar-refractivity contribution in [1.29, 1.82) is 0 Å². The number of imidazole rings is 1. The van der Waals surface area contributed by atoms with Crippen molar-refractivity contribution in [2.24, 2.45) is 0 Å². The molecule has 3 rings (SSSR count). The van der Waals surface area contributed by atoms with Gasteiger partial charge in [0.15, 0.2) is 9.84 Å². The summed E-state index contributed by atoms with van der Waals surface area (Å²) in [4.78, 5) is 4.50. The number of ether oxygens (including phenoxy) is 1. The summed E-state index contributed by atoms with van der Waals surface area (Å²) in [6.07, 6.45) is 1.22. The van der Waals surface area contributed by atoms with Crippen LogP contribution in [-0.4, -0.2) is 31.3 Å². The van der Waals surface area contributed by atoms with Crippen molar-refractivity contribution in [1.82, 2.24) is 9.55 Å². The van der Waals surface area contributed by atoms with Gasteiger partial charge in [0.1, 0.15) is 17.3 Å². The van der Waals surface area contributed by atoms with Gasteiger partial charge < -0.3 is 9.30 Å². The quantitative estimate of drug-likeness (QED) is 0.648. The molecule has 2 aromatic carbocycles. The first-order valence-electron chi connectivity index (χ1n) is 7.31. The van der Waals surface area contributed by atoms with E-state index in [9.17, 15) is 8.42 Å². The number of para-hydroxylation sites is 2. The predicted octanol–water partition coefficient (Wildman–Crippen LogP) is 3.40. The van der Waals surface area contributed by atoms with E-state index in [0.29, 0.717) is 12.4 Å². The Morgan fingerprint density at radius 2 is 1.96 bits per heavy atom. The Bertz CT molecular complexity index is 996. The molecule has 0 saturated heterocycles. The lowest BCUT2D eigenvalue weighted by Gasteiger charge is -2.13. The largest absolute Gasteiger partial charge is 0.496 e. The Hall–Kier alpha value is -1.86. The molecule has 0 saturated carbocycles. The number of aromatic nitrogens is 2. The molecule has 0 aliphatic heterocycles. The molecule has 0 aliphatic carbocycles. The molecule has 1 heterocycles. The second-order valence-electron chi connectivity index (χ2n) is 5.63. The lowest BCUT2D eigenvalue weighted by molar-refractivity contribution is 0.408. The van der Waals surface area contributed by atoms with Crippen molar-refractivity contribution in [3.05, 3.63) is 58.3 Å².